The summed E-state index contributed by atoms with van der Waals surface area (Å²) in [6.45, 7) is 22.1. The molecule has 0 spiro atoms. The number of nitrogens with one attached hydrogen (secondary N) is 1. The van der Waals surface area contributed by atoms with Crippen molar-refractivity contribution in [3.63, 3.8) is 0 Å². The van der Waals surface area contributed by atoms with Gasteiger partial charge in [0.05, 0.1) is 5.41 Å². The fourth-order valence-corrected chi connectivity index (χ4v) is 9.86. The molecule has 60 heavy (non-hydrogen) atoms. The van der Waals surface area contributed by atoms with Crippen LogP contribution in [0.15, 0.2) is 188 Å². The first-order valence-corrected chi connectivity index (χ1v) is 21.7. The van der Waals surface area contributed by atoms with Crippen molar-refractivity contribution in [2.75, 3.05) is 11.9 Å². The molecule has 3 aliphatic rings. The molecule has 0 aromatic heterocycles. The predicted octanol–water partition coefficient (Wildman–Crippen LogP) is 15.1. The Balaban J connectivity index is 0.000000240. The van der Waals surface area contributed by atoms with E-state index in [0.717, 1.165) is 18.7 Å². The van der Waals surface area contributed by atoms with Crippen LogP contribution in [-0.2, 0) is 16.2 Å². The summed E-state index contributed by atoms with van der Waals surface area (Å²) in [7, 11) is 0. The van der Waals surface area contributed by atoms with Gasteiger partial charge in [-0.05, 0) is 91.4 Å². The number of allylic oxidation sites excluding steroid dienone is 6. The molecule has 1 N–H and O–H groups in total. The Labute approximate surface area is 360 Å². The molecule has 0 heterocycles. The molecule has 0 saturated carbocycles. The molecule has 6 aromatic rings. The highest BCUT2D eigenvalue weighted by atomic mass is 14.9. The van der Waals surface area contributed by atoms with E-state index in [1.165, 1.54) is 77.9 Å². The van der Waals surface area contributed by atoms with Crippen LogP contribution in [0, 0.1) is 11.8 Å². The molecule has 0 radical (unpaired) electrons. The zero-order chi connectivity index (χ0) is 42.5. The lowest BCUT2D eigenvalue weighted by Gasteiger charge is -2.34. The number of anilines is 1. The zero-order valence-electron chi connectivity index (χ0n) is 36.8. The second kappa shape index (κ2) is 17.5. The molecule has 0 saturated heterocycles. The highest BCUT2D eigenvalue weighted by molar-refractivity contribution is 5.94. The number of fused-ring (bicyclic) bond motifs is 5. The fraction of sp³-hybridized carbons (Fsp3) is 0.220. The van der Waals surface area contributed by atoms with Crippen molar-refractivity contribution in [2.45, 2.75) is 78.1 Å². The lowest BCUT2D eigenvalue weighted by Crippen LogP contribution is -2.28. The second-order valence-electron chi connectivity index (χ2n) is 16.5. The lowest BCUT2D eigenvalue weighted by atomic mass is 9.67. The minimum absolute atomic E-state index is 0.00227. The molecular formula is C59H59N. The van der Waals surface area contributed by atoms with Gasteiger partial charge < -0.3 is 5.32 Å². The molecule has 1 heteroatoms. The number of rotatable bonds is 6. The summed E-state index contributed by atoms with van der Waals surface area (Å²) in [6.07, 6.45) is 7.53. The predicted molar refractivity (Wildman–Crippen MR) is 259 cm³/mol. The SMILES string of the molecule is C/C=C1\C(=C/CNc2ccc3c(c2)C(C)(C)c2ccccc2-3)c2ccccc2C1(c1ccccc1)c1ccccc1.C=CC1=C(C#CCC)C(C)(C)c2ccccc21.CC. The van der Waals surface area contributed by atoms with E-state index in [-0.39, 0.29) is 16.2 Å². The fourth-order valence-electron chi connectivity index (χ4n) is 9.86. The van der Waals surface area contributed by atoms with Crippen LogP contribution < -0.4 is 5.32 Å². The van der Waals surface area contributed by atoms with E-state index in [1.807, 2.05) is 19.9 Å². The standard InChI is InChI=1S/C40H35N.C17H18.C2H6/c1-4-35-34(25-26-41-30-23-24-33-31-19-11-13-21-36(31)39(2,3)38(33)27-30)32-20-12-14-22-37(32)40(35,28-15-7-5-8-16-28)29-17-9-6-10-18-29;1-5-7-11-15-13(6-2)14-10-8-9-12-16(14)17(15,3)4;1-2/h4-25,27,41H,26H2,1-3H3;6,8-10,12H,2,5H2,1,3-4H3;1-2H3/b34-25-,35-4+;;. The van der Waals surface area contributed by atoms with Gasteiger partial charge in [0.1, 0.15) is 0 Å². The number of hydrogen-bond donors (Lipinski definition) is 1. The maximum atomic E-state index is 3.94. The van der Waals surface area contributed by atoms with Crippen LogP contribution in [0.1, 0.15) is 106 Å². The normalized spacial score (nSPS) is 16.8. The Kier molecular flexibility index (Phi) is 12.2. The third-order valence-electron chi connectivity index (χ3n) is 12.6. The van der Waals surface area contributed by atoms with Gasteiger partial charge in [0.25, 0.3) is 0 Å². The molecule has 0 aliphatic heterocycles. The molecule has 0 fully saturated rings. The zero-order valence-corrected chi connectivity index (χ0v) is 36.8. The van der Waals surface area contributed by atoms with E-state index < -0.39 is 0 Å². The Hall–Kier alpha value is -6.36. The van der Waals surface area contributed by atoms with Crippen molar-refractivity contribution in [3.8, 4) is 23.0 Å². The molecule has 0 unspecified atom stereocenters. The quantitative estimate of drug-likeness (QED) is 0.166. The summed E-state index contributed by atoms with van der Waals surface area (Å²) in [4.78, 5) is 0. The van der Waals surface area contributed by atoms with Crippen LogP contribution >= 0.6 is 0 Å². The minimum Gasteiger partial charge on any atom is -0.382 e. The average Bonchev–Trinajstić information content (AvgIpc) is 3.80. The van der Waals surface area contributed by atoms with Gasteiger partial charge in [0.15, 0.2) is 0 Å². The second-order valence-corrected chi connectivity index (χ2v) is 16.5. The first kappa shape index (κ1) is 41.8. The Morgan fingerprint density at radius 1 is 0.583 bits per heavy atom. The molecule has 0 atom stereocenters. The van der Waals surface area contributed by atoms with Crippen molar-refractivity contribution < 1.29 is 0 Å². The smallest absolute Gasteiger partial charge is 0.0710 e. The largest absolute Gasteiger partial charge is 0.382 e. The summed E-state index contributed by atoms with van der Waals surface area (Å²) < 4.78 is 0. The molecule has 1 nitrogen and oxygen atoms in total. The van der Waals surface area contributed by atoms with Gasteiger partial charge in [0.2, 0.25) is 0 Å². The van der Waals surface area contributed by atoms with Gasteiger partial charge in [-0.3, -0.25) is 0 Å². The van der Waals surface area contributed by atoms with Crippen LogP contribution in [0.2, 0.25) is 0 Å². The van der Waals surface area contributed by atoms with Gasteiger partial charge in [-0.15, -0.1) is 0 Å². The summed E-state index contributed by atoms with van der Waals surface area (Å²) in [5.74, 6) is 6.52. The van der Waals surface area contributed by atoms with Crippen LogP contribution in [0.3, 0.4) is 0 Å². The maximum Gasteiger partial charge on any atom is 0.0710 e. The average molecular weight is 782 g/mol. The van der Waals surface area contributed by atoms with Crippen molar-refractivity contribution in [3.05, 3.63) is 232 Å². The molecule has 3 aliphatic carbocycles. The molecule has 9 rings (SSSR count). The van der Waals surface area contributed by atoms with Crippen LogP contribution in [0.25, 0.3) is 22.3 Å². The summed E-state index contributed by atoms with van der Waals surface area (Å²) in [5, 5.41) is 3.74. The summed E-state index contributed by atoms with van der Waals surface area (Å²) in [5.41, 5.74) is 19.2. The van der Waals surface area contributed by atoms with Gasteiger partial charge in [-0.2, -0.15) is 0 Å². The van der Waals surface area contributed by atoms with Crippen molar-refractivity contribution in [2.24, 2.45) is 0 Å². The Morgan fingerprint density at radius 3 is 1.68 bits per heavy atom. The van der Waals surface area contributed by atoms with Gasteiger partial charge >= 0.3 is 0 Å². The van der Waals surface area contributed by atoms with E-state index in [9.17, 15) is 0 Å². The molecular weight excluding hydrogens is 723 g/mol. The van der Waals surface area contributed by atoms with Gasteiger partial charge in [-0.25, -0.2) is 0 Å². The first-order chi connectivity index (χ1) is 29.2. The topological polar surface area (TPSA) is 12.0 Å². The van der Waals surface area contributed by atoms with E-state index in [0.29, 0.717) is 0 Å². The molecule has 0 amide bonds. The number of benzene rings is 6. The molecule has 6 aromatic carbocycles. The van der Waals surface area contributed by atoms with E-state index in [2.05, 4.69) is 229 Å². The summed E-state index contributed by atoms with van der Waals surface area (Å²) >= 11 is 0. The van der Waals surface area contributed by atoms with Crippen molar-refractivity contribution >= 4 is 16.8 Å². The van der Waals surface area contributed by atoms with Crippen LogP contribution in [0.4, 0.5) is 5.69 Å². The van der Waals surface area contributed by atoms with Crippen molar-refractivity contribution in [1.82, 2.24) is 0 Å². The maximum absolute atomic E-state index is 3.94. The Bertz CT molecular complexity index is 2630. The third kappa shape index (κ3) is 6.99. The lowest BCUT2D eigenvalue weighted by molar-refractivity contribution is 0.659. The van der Waals surface area contributed by atoms with E-state index in [4.69, 9.17) is 0 Å². The van der Waals surface area contributed by atoms with Gasteiger partial charge in [0, 0.05) is 35.1 Å². The first-order valence-electron chi connectivity index (χ1n) is 21.7. The van der Waals surface area contributed by atoms with Gasteiger partial charge in [-0.1, -0.05) is 225 Å². The number of hydrogen-bond acceptors (Lipinski definition) is 1. The van der Waals surface area contributed by atoms with Crippen LogP contribution in [0.5, 0.6) is 0 Å². The Morgan fingerprint density at radius 2 is 1.10 bits per heavy atom. The monoisotopic (exact) mass is 781 g/mol. The minimum atomic E-state index is -0.358. The van der Waals surface area contributed by atoms with Crippen LogP contribution in [-0.4, -0.2) is 6.54 Å². The highest BCUT2D eigenvalue weighted by Gasteiger charge is 2.47. The molecule has 300 valence electrons. The highest BCUT2D eigenvalue weighted by Crippen LogP contribution is 2.57. The van der Waals surface area contributed by atoms with Crippen molar-refractivity contribution in [1.29, 1.82) is 0 Å². The molecule has 0 bridgehead atoms. The van der Waals surface area contributed by atoms with E-state index >= 15 is 0 Å². The van der Waals surface area contributed by atoms with E-state index in [1.54, 1.807) is 0 Å². The summed E-state index contributed by atoms with van der Waals surface area (Å²) in [6, 6.07) is 55.1. The third-order valence-corrected chi connectivity index (χ3v) is 12.6.